The lowest BCUT2D eigenvalue weighted by atomic mass is 9.98. The van der Waals surface area contributed by atoms with Gasteiger partial charge in [0.25, 0.3) is 0 Å². The van der Waals surface area contributed by atoms with Crippen molar-refractivity contribution in [3.05, 3.63) is 72.2 Å². The van der Waals surface area contributed by atoms with Crippen molar-refractivity contribution in [1.29, 1.82) is 0 Å². The Morgan fingerprint density at radius 2 is 2.07 bits per heavy atom. The molecule has 0 radical (unpaired) electrons. The van der Waals surface area contributed by atoms with Gasteiger partial charge in [-0.1, -0.05) is 12.1 Å². The lowest BCUT2D eigenvalue weighted by molar-refractivity contribution is 0.537. The van der Waals surface area contributed by atoms with Gasteiger partial charge in [0.1, 0.15) is 5.66 Å². The summed E-state index contributed by atoms with van der Waals surface area (Å²) in [6, 6.07) is 14.3. The van der Waals surface area contributed by atoms with Crippen molar-refractivity contribution in [3.63, 3.8) is 0 Å². The van der Waals surface area contributed by atoms with Crippen LogP contribution in [-0.4, -0.2) is 26.8 Å². The van der Waals surface area contributed by atoms with E-state index in [1.165, 1.54) is 0 Å². The Morgan fingerprint density at radius 1 is 1.14 bits per heavy atom. The molecule has 28 heavy (non-hydrogen) atoms. The van der Waals surface area contributed by atoms with E-state index in [2.05, 4.69) is 37.9 Å². The fourth-order valence-corrected chi connectivity index (χ4v) is 3.77. The molecule has 2 aromatic heterocycles. The van der Waals surface area contributed by atoms with Crippen LogP contribution < -0.4 is 16.4 Å². The van der Waals surface area contributed by atoms with Crippen molar-refractivity contribution in [2.75, 3.05) is 5.32 Å². The van der Waals surface area contributed by atoms with Crippen LogP contribution in [0.2, 0.25) is 0 Å². The van der Waals surface area contributed by atoms with E-state index in [4.69, 9.17) is 10.7 Å². The summed E-state index contributed by atoms with van der Waals surface area (Å²) in [4.78, 5) is 8.00. The fraction of sp³-hybridized carbons (Fsp3) is 0.143. The number of hydrogen-bond acceptors (Lipinski definition) is 5. The number of rotatable bonds is 3. The highest BCUT2D eigenvalue weighted by atomic mass is 15.2. The zero-order valence-corrected chi connectivity index (χ0v) is 15.5. The van der Waals surface area contributed by atoms with Gasteiger partial charge in [-0.25, -0.2) is 4.99 Å². The molecule has 2 aromatic carbocycles. The number of nitrogens with two attached hydrogens (primary N) is 1. The van der Waals surface area contributed by atoms with Gasteiger partial charge < -0.3 is 21.4 Å². The van der Waals surface area contributed by atoms with Crippen LogP contribution in [0.4, 0.5) is 5.69 Å². The molecule has 0 bridgehead atoms. The quantitative estimate of drug-likeness (QED) is 0.381. The van der Waals surface area contributed by atoms with Gasteiger partial charge in [-0.3, -0.25) is 5.10 Å². The number of nitrogens with one attached hydrogen (secondary N) is 4. The molecule has 0 spiro atoms. The third kappa shape index (κ3) is 3.01. The van der Waals surface area contributed by atoms with Gasteiger partial charge in [-0.05, 0) is 48.9 Å². The molecule has 0 saturated heterocycles. The third-order valence-corrected chi connectivity index (χ3v) is 4.94. The number of allylic oxidation sites excluding steroid dienone is 1. The Morgan fingerprint density at radius 3 is 3.00 bits per heavy atom. The second-order valence-corrected chi connectivity index (χ2v) is 7.24. The van der Waals surface area contributed by atoms with E-state index in [1.54, 1.807) is 0 Å². The summed E-state index contributed by atoms with van der Waals surface area (Å²) in [7, 11) is 0. The molecule has 0 amide bonds. The molecule has 0 aliphatic carbocycles. The van der Waals surface area contributed by atoms with Crippen LogP contribution in [0.25, 0.3) is 21.8 Å². The van der Waals surface area contributed by atoms with Crippen molar-refractivity contribution in [2.45, 2.75) is 19.0 Å². The Labute approximate surface area is 161 Å². The summed E-state index contributed by atoms with van der Waals surface area (Å²) in [5.41, 5.74) is 11.0. The van der Waals surface area contributed by atoms with Gasteiger partial charge in [0.15, 0.2) is 0 Å². The summed E-state index contributed by atoms with van der Waals surface area (Å²) < 4.78 is 0. The molecule has 1 aliphatic rings. The van der Waals surface area contributed by atoms with Gasteiger partial charge in [-0.15, -0.1) is 0 Å². The number of anilines is 1. The molecule has 140 valence electrons. The topological polar surface area (TPSA) is 107 Å². The lowest BCUT2D eigenvalue weighted by Gasteiger charge is -2.29. The van der Waals surface area contributed by atoms with E-state index < -0.39 is 5.66 Å². The predicted molar refractivity (Wildman–Crippen MR) is 113 cm³/mol. The number of guanidine groups is 1. The summed E-state index contributed by atoms with van der Waals surface area (Å²) in [6.45, 7) is 1.99. The number of H-pyrrole nitrogens is 2. The normalized spacial score (nSPS) is 19.4. The molecule has 0 fully saturated rings. The molecule has 1 atom stereocenters. The minimum Gasteiger partial charge on any atom is -0.361 e. The first-order valence-electron chi connectivity index (χ1n) is 9.18. The zero-order chi connectivity index (χ0) is 19.1. The van der Waals surface area contributed by atoms with E-state index in [9.17, 15) is 0 Å². The Hall–Kier alpha value is -3.58. The van der Waals surface area contributed by atoms with E-state index >= 15 is 0 Å². The minimum atomic E-state index is -0.832. The maximum absolute atomic E-state index is 6.66. The Balaban J connectivity index is 1.45. The molecular weight excluding hydrogens is 350 g/mol. The zero-order valence-electron chi connectivity index (χ0n) is 15.5. The van der Waals surface area contributed by atoms with Crippen molar-refractivity contribution in [2.24, 2.45) is 10.7 Å². The molecule has 7 nitrogen and oxygen atoms in total. The third-order valence-electron chi connectivity index (χ3n) is 4.94. The largest absolute Gasteiger partial charge is 0.361 e. The molecular formula is C21H21N7. The van der Waals surface area contributed by atoms with Crippen molar-refractivity contribution in [1.82, 2.24) is 20.5 Å². The van der Waals surface area contributed by atoms with Gasteiger partial charge >= 0.3 is 0 Å². The SMILES string of the molecule is CC1=CC(N)(Cc2ccc3[nH]ncc3c2)N=C(Nc2cccc3[nH]ccc23)N1. The second-order valence-electron chi connectivity index (χ2n) is 7.24. The van der Waals surface area contributed by atoms with Gasteiger partial charge in [-0.2, -0.15) is 5.10 Å². The van der Waals surface area contributed by atoms with Crippen molar-refractivity contribution < 1.29 is 0 Å². The smallest absolute Gasteiger partial charge is 0.202 e. The highest BCUT2D eigenvalue weighted by Crippen LogP contribution is 2.25. The standard InChI is InChI=1S/C21H21N7/c1-13-10-21(22,11-14-5-6-17-15(9-14)12-24-28-17)27-20(25-13)26-19-4-2-3-18-16(19)7-8-23-18/h2-10,12,23H,11,22H2,1H3,(H,24,28)(H2,25,26,27). The van der Waals surface area contributed by atoms with Gasteiger partial charge in [0, 0.05) is 34.6 Å². The molecule has 6 N–H and O–H groups in total. The van der Waals surface area contributed by atoms with Crippen LogP contribution in [0.3, 0.4) is 0 Å². The van der Waals surface area contributed by atoms with E-state index in [1.807, 2.05) is 55.7 Å². The van der Waals surface area contributed by atoms with Crippen LogP contribution in [0.1, 0.15) is 12.5 Å². The molecule has 5 rings (SSSR count). The molecule has 1 unspecified atom stereocenters. The van der Waals surface area contributed by atoms with Crippen LogP contribution >= 0.6 is 0 Å². The number of hydrogen-bond donors (Lipinski definition) is 5. The van der Waals surface area contributed by atoms with Crippen LogP contribution in [0.5, 0.6) is 0 Å². The average molecular weight is 371 g/mol. The number of nitrogens with zero attached hydrogens (tertiary/aromatic N) is 2. The number of aromatic nitrogens is 3. The number of aromatic amines is 2. The molecule has 3 heterocycles. The minimum absolute atomic E-state index is 0.590. The summed E-state index contributed by atoms with van der Waals surface area (Å²) in [5, 5.41) is 15.9. The highest BCUT2D eigenvalue weighted by Gasteiger charge is 2.27. The van der Waals surface area contributed by atoms with Gasteiger partial charge in [0.2, 0.25) is 5.96 Å². The first-order chi connectivity index (χ1) is 13.6. The first kappa shape index (κ1) is 16.6. The summed E-state index contributed by atoms with van der Waals surface area (Å²) >= 11 is 0. The first-order valence-corrected chi connectivity index (χ1v) is 9.18. The fourth-order valence-electron chi connectivity index (χ4n) is 3.77. The maximum atomic E-state index is 6.66. The van der Waals surface area contributed by atoms with Crippen LogP contribution in [0.15, 0.2) is 71.6 Å². The van der Waals surface area contributed by atoms with E-state index in [0.29, 0.717) is 12.4 Å². The highest BCUT2D eigenvalue weighted by molar-refractivity contribution is 6.03. The van der Waals surface area contributed by atoms with Crippen molar-refractivity contribution in [3.8, 4) is 0 Å². The summed E-state index contributed by atoms with van der Waals surface area (Å²) in [5.74, 6) is 0.639. The molecule has 1 aliphatic heterocycles. The maximum Gasteiger partial charge on any atom is 0.202 e. The number of aliphatic imine (C=N–C) groups is 1. The average Bonchev–Trinajstić information content (AvgIpc) is 3.29. The lowest BCUT2D eigenvalue weighted by Crippen LogP contribution is -2.47. The predicted octanol–water partition coefficient (Wildman–Crippen LogP) is 3.22. The van der Waals surface area contributed by atoms with Crippen LogP contribution in [0, 0.1) is 0 Å². The number of benzene rings is 2. The second kappa shape index (κ2) is 6.24. The summed E-state index contributed by atoms with van der Waals surface area (Å²) in [6.07, 6.45) is 6.30. The monoisotopic (exact) mass is 371 g/mol. The molecule has 4 aromatic rings. The van der Waals surface area contributed by atoms with E-state index in [0.717, 1.165) is 38.8 Å². The van der Waals surface area contributed by atoms with Gasteiger partial charge in [0.05, 0.1) is 17.4 Å². The molecule has 7 heteroatoms. The molecule has 0 saturated carbocycles. The van der Waals surface area contributed by atoms with Crippen molar-refractivity contribution >= 4 is 33.5 Å². The van der Waals surface area contributed by atoms with Crippen LogP contribution in [-0.2, 0) is 6.42 Å². The van der Waals surface area contributed by atoms with E-state index in [-0.39, 0.29) is 0 Å². The Kier molecular flexibility index (Phi) is 3.70. The Bertz CT molecular complexity index is 1230. The number of fused-ring (bicyclic) bond motifs is 2.